The lowest BCUT2D eigenvalue weighted by molar-refractivity contribution is -0.144. The van der Waals surface area contributed by atoms with Crippen LogP contribution in [0.25, 0.3) is 6.08 Å². The van der Waals surface area contributed by atoms with E-state index in [4.69, 9.17) is 16.3 Å². The Hall–Kier alpha value is -2.39. The first-order chi connectivity index (χ1) is 12.0. The highest BCUT2D eigenvalue weighted by atomic mass is 35.5. The molecule has 0 atom stereocenters. The zero-order chi connectivity index (χ0) is 18.3. The van der Waals surface area contributed by atoms with Crippen LogP contribution in [-0.4, -0.2) is 24.0 Å². The van der Waals surface area contributed by atoms with E-state index >= 15 is 0 Å². The quantitative estimate of drug-likeness (QED) is 0.641. The minimum absolute atomic E-state index is 0.0659. The standard InChI is InChI=1S/C18H18ClFN2O3/c19-14-5-4-6-15(20)13(14)7-8-17(24)25-11-16(23)22-18(12-21)9-2-1-3-10-18/h4-8H,1-3,9-11H2,(H,22,23)/b8-7+. The summed E-state index contributed by atoms with van der Waals surface area (Å²) in [6, 6.07) is 6.32. The molecule has 1 N–H and O–H groups in total. The second-order valence-electron chi connectivity index (χ2n) is 5.88. The van der Waals surface area contributed by atoms with Crippen LogP contribution in [0.2, 0.25) is 5.02 Å². The Kier molecular flexibility index (Phi) is 6.54. The van der Waals surface area contributed by atoms with Crippen molar-refractivity contribution >= 4 is 29.6 Å². The molecule has 1 aromatic rings. The van der Waals surface area contributed by atoms with E-state index in [-0.39, 0.29) is 10.6 Å². The van der Waals surface area contributed by atoms with Gasteiger partial charge >= 0.3 is 5.97 Å². The van der Waals surface area contributed by atoms with E-state index in [0.29, 0.717) is 12.8 Å². The highest BCUT2D eigenvalue weighted by Crippen LogP contribution is 2.27. The molecule has 1 saturated carbocycles. The minimum atomic E-state index is -0.877. The van der Waals surface area contributed by atoms with Gasteiger partial charge in [0.05, 0.1) is 11.1 Å². The van der Waals surface area contributed by atoms with Crippen molar-refractivity contribution in [2.24, 2.45) is 0 Å². The number of hydrogen-bond acceptors (Lipinski definition) is 4. The van der Waals surface area contributed by atoms with Crippen LogP contribution in [0, 0.1) is 17.1 Å². The van der Waals surface area contributed by atoms with Gasteiger partial charge in [-0.05, 0) is 31.1 Å². The molecule has 0 aromatic heterocycles. The van der Waals surface area contributed by atoms with Gasteiger partial charge in [-0.15, -0.1) is 0 Å². The van der Waals surface area contributed by atoms with Crippen molar-refractivity contribution in [1.29, 1.82) is 5.26 Å². The summed E-state index contributed by atoms with van der Waals surface area (Å²) in [4.78, 5) is 23.6. The second-order valence-corrected chi connectivity index (χ2v) is 6.29. The molecule has 0 bridgehead atoms. The molecule has 0 saturated heterocycles. The Balaban J connectivity index is 1.86. The molecule has 1 fully saturated rings. The molecule has 25 heavy (non-hydrogen) atoms. The summed E-state index contributed by atoms with van der Waals surface area (Å²) < 4.78 is 18.4. The maximum absolute atomic E-state index is 13.6. The highest BCUT2D eigenvalue weighted by molar-refractivity contribution is 6.32. The zero-order valence-electron chi connectivity index (χ0n) is 13.6. The average molecular weight is 365 g/mol. The molecule has 2 rings (SSSR count). The van der Waals surface area contributed by atoms with Crippen LogP contribution in [0.1, 0.15) is 37.7 Å². The van der Waals surface area contributed by atoms with Gasteiger partial charge in [-0.1, -0.05) is 36.9 Å². The van der Waals surface area contributed by atoms with Crippen molar-refractivity contribution in [3.8, 4) is 6.07 Å². The average Bonchev–Trinajstić information content (AvgIpc) is 2.60. The minimum Gasteiger partial charge on any atom is -0.452 e. The molecular weight excluding hydrogens is 347 g/mol. The van der Waals surface area contributed by atoms with Gasteiger partial charge in [0, 0.05) is 11.6 Å². The van der Waals surface area contributed by atoms with Gasteiger partial charge in [-0.2, -0.15) is 5.26 Å². The summed E-state index contributed by atoms with van der Waals surface area (Å²) in [6.07, 6.45) is 6.16. The van der Waals surface area contributed by atoms with Gasteiger partial charge in [-0.3, -0.25) is 4.79 Å². The van der Waals surface area contributed by atoms with Gasteiger partial charge in [0.15, 0.2) is 6.61 Å². The predicted molar refractivity (Wildman–Crippen MR) is 91.0 cm³/mol. The monoisotopic (exact) mass is 364 g/mol. The number of nitrogens with one attached hydrogen (secondary N) is 1. The third kappa shape index (κ3) is 5.30. The van der Waals surface area contributed by atoms with E-state index < -0.39 is 29.8 Å². The van der Waals surface area contributed by atoms with Crippen LogP contribution < -0.4 is 5.32 Å². The maximum Gasteiger partial charge on any atom is 0.331 e. The fourth-order valence-corrected chi connectivity index (χ4v) is 2.96. The molecule has 0 heterocycles. The lowest BCUT2D eigenvalue weighted by Crippen LogP contribution is -2.49. The highest BCUT2D eigenvalue weighted by Gasteiger charge is 2.33. The number of hydrogen-bond donors (Lipinski definition) is 1. The Labute approximate surface area is 150 Å². The Morgan fingerprint density at radius 1 is 1.36 bits per heavy atom. The summed E-state index contributed by atoms with van der Waals surface area (Å²) in [5.41, 5.74) is -0.811. The summed E-state index contributed by atoms with van der Waals surface area (Å²) >= 11 is 5.84. The number of benzene rings is 1. The normalized spacial score (nSPS) is 16.2. The molecule has 1 aliphatic rings. The summed E-state index contributed by atoms with van der Waals surface area (Å²) in [5.74, 6) is -1.90. The molecule has 0 spiro atoms. The van der Waals surface area contributed by atoms with Crippen LogP contribution in [0.5, 0.6) is 0 Å². The number of carbonyl (C=O) groups is 2. The summed E-state index contributed by atoms with van der Waals surface area (Å²) in [6.45, 7) is -0.502. The van der Waals surface area contributed by atoms with Crippen LogP contribution in [0.4, 0.5) is 4.39 Å². The first-order valence-electron chi connectivity index (χ1n) is 7.97. The van der Waals surface area contributed by atoms with Gasteiger partial charge in [0.25, 0.3) is 5.91 Å². The molecule has 7 heteroatoms. The lowest BCUT2D eigenvalue weighted by atomic mass is 9.83. The number of carbonyl (C=O) groups excluding carboxylic acids is 2. The molecule has 5 nitrogen and oxygen atoms in total. The fourth-order valence-electron chi connectivity index (χ4n) is 2.73. The largest absolute Gasteiger partial charge is 0.452 e. The van der Waals surface area contributed by atoms with E-state index in [2.05, 4.69) is 11.4 Å². The van der Waals surface area contributed by atoms with Crippen LogP contribution in [0.15, 0.2) is 24.3 Å². The Bertz CT molecular complexity index is 701. The second kappa shape index (κ2) is 8.63. The number of esters is 1. The van der Waals surface area contributed by atoms with E-state index in [0.717, 1.165) is 25.3 Å². The molecule has 132 valence electrons. The van der Waals surface area contributed by atoms with Crippen LogP contribution in [0.3, 0.4) is 0 Å². The number of ether oxygens (including phenoxy) is 1. The third-order valence-electron chi connectivity index (χ3n) is 4.03. The third-order valence-corrected chi connectivity index (χ3v) is 4.36. The van der Waals surface area contributed by atoms with Crippen molar-refractivity contribution in [2.45, 2.75) is 37.6 Å². The van der Waals surface area contributed by atoms with E-state index in [1.807, 2.05) is 0 Å². The van der Waals surface area contributed by atoms with Crippen molar-refractivity contribution in [3.63, 3.8) is 0 Å². The van der Waals surface area contributed by atoms with Gasteiger partial charge < -0.3 is 10.1 Å². The fraction of sp³-hybridized carbons (Fsp3) is 0.389. The number of nitriles is 1. The Morgan fingerprint density at radius 3 is 2.72 bits per heavy atom. The molecule has 0 aliphatic heterocycles. The molecule has 0 radical (unpaired) electrons. The predicted octanol–water partition coefficient (Wildman–Crippen LogP) is 3.38. The van der Waals surface area contributed by atoms with E-state index in [9.17, 15) is 19.2 Å². The number of amides is 1. The van der Waals surface area contributed by atoms with E-state index in [1.54, 1.807) is 0 Å². The molecule has 1 aliphatic carbocycles. The van der Waals surface area contributed by atoms with Gasteiger partial charge in [0.1, 0.15) is 11.4 Å². The Morgan fingerprint density at radius 2 is 2.08 bits per heavy atom. The molecule has 1 aromatic carbocycles. The van der Waals surface area contributed by atoms with Gasteiger partial charge in [0.2, 0.25) is 0 Å². The number of nitrogens with zero attached hydrogens (tertiary/aromatic N) is 1. The first-order valence-corrected chi connectivity index (χ1v) is 8.35. The van der Waals surface area contributed by atoms with Crippen molar-refractivity contribution < 1.29 is 18.7 Å². The SMILES string of the molecule is N#CC1(NC(=O)COC(=O)/C=C/c2c(F)cccc2Cl)CCCCC1. The summed E-state index contributed by atoms with van der Waals surface area (Å²) in [7, 11) is 0. The topological polar surface area (TPSA) is 79.2 Å². The smallest absolute Gasteiger partial charge is 0.331 e. The van der Waals surface area contributed by atoms with Crippen LogP contribution >= 0.6 is 11.6 Å². The van der Waals surface area contributed by atoms with Crippen LogP contribution in [-0.2, 0) is 14.3 Å². The molecular formula is C18H18ClFN2O3. The number of halogens is 2. The van der Waals surface area contributed by atoms with Gasteiger partial charge in [-0.25, -0.2) is 9.18 Å². The molecule has 1 amide bonds. The zero-order valence-corrected chi connectivity index (χ0v) is 14.3. The van der Waals surface area contributed by atoms with Crippen molar-refractivity contribution in [3.05, 3.63) is 40.7 Å². The maximum atomic E-state index is 13.6. The molecule has 0 unspecified atom stereocenters. The van der Waals surface area contributed by atoms with E-state index in [1.165, 1.54) is 24.3 Å². The van der Waals surface area contributed by atoms with Crippen molar-refractivity contribution in [1.82, 2.24) is 5.32 Å². The summed E-state index contributed by atoms with van der Waals surface area (Å²) in [5, 5.41) is 12.1. The number of rotatable bonds is 5. The lowest BCUT2D eigenvalue weighted by Gasteiger charge is -2.31. The first kappa shape index (κ1) is 18.9. The van der Waals surface area contributed by atoms with Crippen molar-refractivity contribution in [2.75, 3.05) is 6.61 Å².